The Bertz CT molecular complexity index is 4200. The molecular weight excluding hydrogens is 895 g/mol. The van der Waals surface area contributed by atoms with Crippen LogP contribution in [0.2, 0.25) is 0 Å². The first-order valence-corrected chi connectivity index (χ1v) is 25.5. The maximum absolute atomic E-state index is 7.10. The molecule has 15 rings (SSSR count). The Morgan fingerprint density at radius 1 is 0.338 bits per heavy atom. The molecule has 0 saturated carbocycles. The van der Waals surface area contributed by atoms with Crippen molar-refractivity contribution in [1.29, 1.82) is 0 Å². The second-order valence-electron chi connectivity index (χ2n) is 20.0. The van der Waals surface area contributed by atoms with Crippen LogP contribution >= 0.6 is 0 Å². The molecule has 0 amide bonds. The van der Waals surface area contributed by atoms with Crippen LogP contribution < -0.4 is 9.64 Å². The highest BCUT2D eigenvalue weighted by Crippen LogP contribution is 2.66. The second-order valence-corrected chi connectivity index (χ2v) is 20.0. The summed E-state index contributed by atoms with van der Waals surface area (Å²) in [5, 5.41) is 2.49. The van der Waals surface area contributed by atoms with Gasteiger partial charge in [0.1, 0.15) is 11.5 Å². The largest absolute Gasteiger partial charge is 0.457 e. The Morgan fingerprint density at radius 2 is 0.865 bits per heavy atom. The summed E-state index contributed by atoms with van der Waals surface area (Å²) < 4.78 is 7.10. The van der Waals surface area contributed by atoms with Gasteiger partial charge in [-0.25, -0.2) is 0 Å². The van der Waals surface area contributed by atoms with E-state index in [-0.39, 0.29) is 0 Å². The van der Waals surface area contributed by atoms with E-state index in [1.54, 1.807) is 0 Å². The summed E-state index contributed by atoms with van der Waals surface area (Å²) in [6.45, 7) is 12.5. The summed E-state index contributed by atoms with van der Waals surface area (Å²) in [6.07, 6.45) is 5.77. The van der Waals surface area contributed by atoms with Crippen LogP contribution in [0.15, 0.2) is 250 Å². The van der Waals surface area contributed by atoms with Gasteiger partial charge in [0.05, 0.1) is 16.5 Å². The molecule has 2 heteroatoms. The van der Waals surface area contributed by atoms with E-state index in [4.69, 9.17) is 4.74 Å². The number of hydrogen-bond donors (Lipinski definition) is 0. The average Bonchev–Trinajstić information content (AvgIpc) is 4.13. The number of benzene rings is 11. The third-order valence-electron chi connectivity index (χ3n) is 16.6. The third-order valence-corrected chi connectivity index (χ3v) is 16.6. The minimum absolute atomic E-state index is 0.613. The Labute approximate surface area is 431 Å². The minimum atomic E-state index is -0.678. The number of anilines is 3. The van der Waals surface area contributed by atoms with Crippen molar-refractivity contribution in [2.24, 2.45) is 0 Å². The Balaban J connectivity index is 1.04. The number of para-hydroxylation sites is 1. The molecule has 4 aliphatic rings. The van der Waals surface area contributed by atoms with Gasteiger partial charge in [-0.15, -0.1) is 0 Å². The maximum Gasteiger partial charge on any atom is 0.132 e. The topological polar surface area (TPSA) is 12.5 Å². The van der Waals surface area contributed by atoms with Crippen LogP contribution in [0.25, 0.3) is 73.5 Å². The first kappa shape index (κ1) is 42.2. The van der Waals surface area contributed by atoms with Gasteiger partial charge >= 0.3 is 0 Å². The zero-order valence-corrected chi connectivity index (χ0v) is 40.6. The van der Waals surface area contributed by atoms with Gasteiger partial charge in [-0.05, 0) is 148 Å². The van der Waals surface area contributed by atoms with Crippen molar-refractivity contribution in [3.8, 4) is 56.0 Å². The molecule has 0 fully saturated rings. The van der Waals surface area contributed by atoms with E-state index < -0.39 is 10.8 Å². The van der Waals surface area contributed by atoms with Gasteiger partial charge in [0.2, 0.25) is 0 Å². The summed E-state index contributed by atoms with van der Waals surface area (Å²) in [5.74, 6) is 1.67. The normalized spacial score (nSPS) is 15.2. The van der Waals surface area contributed by atoms with Crippen molar-refractivity contribution in [2.75, 3.05) is 4.90 Å². The Hall–Kier alpha value is -9.50. The third kappa shape index (κ3) is 5.54. The van der Waals surface area contributed by atoms with Crippen molar-refractivity contribution in [3.63, 3.8) is 0 Å². The summed E-state index contributed by atoms with van der Waals surface area (Å²) in [5.41, 5.74) is 24.6. The second kappa shape index (κ2) is 15.7. The van der Waals surface area contributed by atoms with E-state index in [2.05, 4.69) is 255 Å². The van der Waals surface area contributed by atoms with E-state index in [1.807, 2.05) is 18.2 Å². The molecule has 11 aromatic rings. The number of rotatable bonds is 7. The zero-order valence-electron chi connectivity index (χ0n) is 40.6. The van der Waals surface area contributed by atoms with Crippen molar-refractivity contribution >= 4 is 46.1 Å². The van der Waals surface area contributed by atoms with Crippen LogP contribution in [0.3, 0.4) is 0 Å². The monoisotopic (exact) mass is 941 g/mol. The summed E-state index contributed by atoms with van der Waals surface area (Å²) in [4.78, 5) is 2.49. The molecule has 1 unspecified atom stereocenters. The predicted octanol–water partition coefficient (Wildman–Crippen LogP) is 18.7. The fraction of sp³-hybridized carbons (Fsp3) is 0.0278. The number of hydrogen-bond acceptors (Lipinski definition) is 2. The van der Waals surface area contributed by atoms with E-state index in [1.165, 1.54) is 77.5 Å². The first-order chi connectivity index (χ1) is 36.5. The van der Waals surface area contributed by atoms with Crippen LogP contribution in [0.1, 0.15) is 61.2 Å². The molecule has 1 aliphatic heterocycles. The van der Waals surface area contributed by atoms with E-state index in [0.717, 1.165) is 67.5 Å². The molecule has 11 aromatic carbocycles. The molecule has 2 nitrogen and oxygen atoms in total. The summed E-state index contributed by atoms with van der Waals surface area (Å²) >= 11 is 0. The lowest BCUT2D eigenvalue weighted by atomic mass is 9.66. The van der Waals surface area contributed by atoms with E-state index >= 15 is 0 Å². The van der Waals surface area contributed by atoms with Gasteiger partial charge in [0, 0.05) is 28.1 Å². The lowest BCUT2D eigenvalue weighted by Gasteiger charge is -2.40. The molecule has 346 valence electrons. The number of fused-ring (bicyclic) bond motifs is 21. The molecular formula is C72H47NO. The number of ether oxygens (including phenoxy) is 1. The minimum Gasteiger partial charge on any atom is -0.457 e. The lowest BCUT2D eigenvalue weighted by Crippen LogP contribution is -2.32. The fourth-order valence-corrected chi connectivity index (χ4v) is 13.6. The first-order valence-electron chi connectivity index (χ1n) is 25.5. The molecule has 1 atom stereocenters. The quantitative estimate of drug-likeness (QED) is 0.158. The smallest absolute Gasteiger partial charge is 0.132 e. The molecule has 74 heavy (non-hydrogen) atoms. The van der Waals surface area contributed by atoms with Gasteiger partial charge in [-0.1, -0.05) is 220 Å². The Morgan fingerprint density at radius 3 is 1.58 bits per heavy atom. The molecule has 0 N–H and O–H groups in total. The molecule has 1 heterocycles. The van der Waals surface area contributed by atoms with Crippen molar-refractivity contribution in [1.82, 2.24) is 0 Å². The zero-order chi connectivity index (χ0) is 49.3. The predicted molar refractivity (Wildman–Crippen MR) is 308 cm³/mol. The molecule has 0 radical (unpaired) electrons. The van der Waals surface area contributed by atoms with E-state index in [9.17, 15) is 0 Å². The van der Waals surface area contributed by atoms with E-state index in [0.29, 0.717) is 0 Å². The summed E-state index contributed by atoms with van der Waals surface area (Å²) in [6, 6.07) is 85.8. The van der Waals surface area contributed by atoms with Crippen molar-refractivity contribution in [2.45, 2.75) is 10.8 Å². The molecule has 0 saturated heterocycles. The van der Waals surface area contributed by atoms with Crippen LogP contribution in [0.5, 0.6) is 11.5 Å². The van der Waals surface area contributed by atoms with Gasteiger partial charge in [-0.2, -0.15) is 0 Å². The van der Waals surface area contributed by atoms with Crippen molar-refractivity contribution in [3.05, 3.63) is 311 Å². The van der Waals surface area contributed by atoms with Crippen LogP contribution in [0.4, 0.5) is 17.1 Å². The van der Waals surface area contributed by atoms with Gasteiger partial charge in [0.25, 0.3) is 0 Å². The SMILES string of the molecule is C=Cc1ccc(-c2ccccc2N(c2ccc3c(c2)C2(c4ccc(C=C)cc4O3)c3ccccc3-c3ccccc32)c2ccc3c(c2)C2(c4ccc(C=C)cc4-3)c3ccccc3-c3ccc4ccccc4c32)cc1. The average molecular weight is 942 g/mol. The van der Waals surface area contributed by atoms with Crippen LogP contribution in [-0.2, 0) is 10.8 Å². The standard InChI is InChI=1S/C72H47NO/c1-4-45-27-31-49(32-28-45)52-18-12-16-26-67(52)73(51-35-40-68-66(44-51)71(64-39-30-47(6-3)42-69(64)74-68)60-23-13-9-20-54(60)55-21-10-14-24-61(55)71)50-34-37-57-59-41-46(5-2)29-38-63(59)72(65(57)43-50)62-25-15-11-22-56(62)58-36-33-48-17-7-8-19-53(48)70(58)72/h4-44H,1-3H2. The summed E-state index contributed by atoms with van der Waals surface area (Å²) in [7, 11) is 0. The lowest BCUT2D eigenvalue weighted by molar-refractivity contribution is 0.436. The molecule has 0 aromatic heterocycles. The van der Waals surface area contributed by atoms with Crippen LogP contribution in [0, 0.1) is 0 Å². The van der Waals surface area contributed by atoms with Gasteiger partial charge < -0.3 is 9.64 Å². The van der Waals surface area contributed by atoms with Crippen LogP contribution in [-0.4, -0.2) is 0 Å². The van der Waals surface area contributed by atoms with Crippen molar-refractivity contribution < 1.29 is 4.74 Å². The van der Waals surface area contributed by atoms with Gasteiger partial charge in [-0.3, -0.25) is 0 Å². The molecule has 3 aliphatic carbocycles. The molecule has 2 spiro atoms. The molecule has 0 bridgehead atoms. The Kier molecular flexibility index (Phi) is 8.98. The van der Waals surface area contributed by atoms with Gasteiger partial charge in [0.15, 0.2) is 0 Å². The number of nitrogens with zero attached hydrogens (tertiary/aromatic N) is 1. The fourth-order valence-electron chi connectivity index (χ4n) is 13.6. The maximum atomic E-state index is 7.10. The highest BCUT2D eigenvalue weighted by atomic mass is 16.5. The highest BCUT2D eigenvalue weighted by Gasteiger charge is 2.54. The highest BCUT2D eigenvalue weighted by molar-refractivity contribution is 6.05.